The van der Waals surface area contributed by atoms with Crippen molar-refractivity contribution in [2.45, 2.75) is 26.7 Å². The standard InChI is InChI=1S/C17H20ClN/c1-13-7-5-8-14(2)17(13)19-12-6-10-15-9-3-4-11-16(15)18/h3-5,7-9,11,19H,6,10,12H2,1-2H3. The predicted octanol–water partition coefficient (Wildman–Crippen LogP) is 5.00. The van der Waals surface area contributed by atoms with Gasteiger partial charge in [-0.05, 0) is 49.4 Å². The van der Waals surface area contributed by atoms with E-state index in [1.165, 1.54) is 22.4 Å². The molecule has 100 valence electrons. The highest BCUT2D eigenvalue weighted by molar-refractivity contribution is 6.31. The SMILES string of the molecule is Cc1cccc(C)c1NCCCc1ccccc1Cl. The monoisotopic (exact) mass is 273 g/mol. The molecule has 0 aliphatic heterocycles. The summed E-state index contributed by atoms with van der Waals surface area (Å²) in [5.74, 6) is 0. The number of para-hydroxylation sites is 1. The fraction of sp³-hybridized carbons (Fsp3) is 0.294. The van der Waals surface area contributed by atoms with E-state index in [-0.39, 0.29) is 0 Å². The Bertz CT molecular complexity index is 528. The zero-order valence-corrected chi connectivity index (χ0v) is 12.3. The third-order valence-electron chi connectivity index (χ3n) is 3.36. The number of benzene rings is 2. The van der Waals surface area contributed by atoms with Crippen LogP contribution in [0.1, 0.15) is 23.1 Å². The van der Waals surface area contributed by atoms with Crippen molar-refractivity contribution in [3.8, 4) is 0 Å². The Labute approximate surface area is 120 Å². The fourth-order valence-electron chi connectivity index (χ4n) is 2.29. The zero-order chi connectivity index (χ0) is 13.7. The van der Waals surface area contributed by atoms with Gasteiger partial charge in [-0.3, -0.25) is 0 Å². The van der Waals surface area contributed by atoms with Crippen LogP contribution in [-0.2, 0) is 6.42 Å². The van der Waals surface area contributed by atoms with Crippen molar-refractivity contribution in [3.63, 3.8) is 0 Å². The molecule has 0 fully saturated rings. The third-order valence-corrected chi connectivity index (χ3v) is 3.73. The summed E-state index contributed by atoms with van der Waals surface area (Å²) < 4.78 is 0. The van der Waals surface area contributed by atoms with Gasteiger partial charge in [0.2, 0.25) is 0 Å². The fourth-order valence-corrected chi connectivity index (χ4v) is 2.52. The molecule has 19 heavy (non-hydrogen) atoms. The van der Waals surface area contributed by atoms with Crippen LogP contribution in [0, 0.1) is 13.8 Å². The first-order chi connectivity index (χ1) is 9.18. The average Bonchev–Trinajstić information content (AvgIpc) is 2.39. The Balaban J connectivity index is 1.86. The van der Waals surface area contributed by atoms with Gasteiger partial charge in [0, 0.05) is 17.3 Å². The minimum absolute atomic E-state index is 0.870. The van der Waals surface area contributed by atoms with E-state index in [2.05, 4.69) is 43.4 Å². The van der Waals surface area contributed by atoms with Crippen LogP contribution < -0.4 is 5.32 Å². The average molecular weight is 274 g/mol. The maximum atomic E-state index is 6.15. The van der Waals surface area contributed by atoms with Crippen LogP contribution in [0.25, 0.3) is 0 Å². The van der Waals surface area contributed by atoms with Crippen molar-refractivity contribution in [1.29, 1.82) is 0 Å². The van der Waals surface area contributed by atoms with E-state index < -0.39 is 0 Å². The van der Waals surface area contributed by atoms with Crippen molar-refractivity contribution in [2.75, 3.05) is 11.9 Å². The molecule has 0 bridgehead atoms. The van der Waals surface area contributed by atoms with Gasteiger partial charge in [0.1, 0.15) is 0 Å². The summed E-state index contributed by atoms with van der Waals surface area (Å²) in [6, 6.07) is 14.4. The van der Waals surface area contributed by atoms with Gasteiger partial charge in [0.25, 0.3) is 0 Å². The molecule has 0 aliphatic rings. The van der Waals surface area contributed by atoms with Crippen molar-refractivity contribution in [1.82, 2.24) is 0 Å². The van der Waals surface area contributed by atoms with Crippen LogP contribution >= 0.6 is 11.6 Å². The molecule has 0 saturated carbocycles. The first-order valence-electron chi connectivity index (χ1n) is 6.72. The lowest BCUT2D eigenvalue weighted by atomic mass is 10.1. The Kier molecular flexibility index (Phi) is 4.86. The molecule has 2 heteroatoms. The molecule has 1 nitrogen and oxygen atoms in total. The van der Waals surface area contributed by atoms with Gasteiger partial charge in [-0.1, -0.05) is 48.0 Å². The number of hydrogen-bond donors (Lipinski definition) is 1. The Morgan fingerprint density at radius 3 is 2.32 bits per heavy atom. The maximum absolute atomic E-state index is 6.15. The van der Waals surface area contributed by atoms with E-state index in [4.69, 9.17) is 11.6 Å². The highest BCUT2D eigenvalue weighted by atomic mass is 35.5. The van der Waals surface area contributed by atoms with Gasteiger partial charge in [-0.15, -0.1) is 0 Å². The molecule has 0 atom stereocenters. The minimum Gasteiger partial charge on any atom is -0.385 e. The Hall–Kier alpha value is -1.47. The second-order valence-electron chi connectivity index (χ2n) is 4.89. The van der Waals surface area contributed by atoms with Crippen LogP contribution in [0.4, 0.5) is 5.69 Å². The van der Waals surface area contributed by atoms with Gasteiger partial charge in [-0.25, -0.2) is 0 Å². The molecular weight excluding hydrogens is 254 g/mol. The highest BCUT2D eigenvalue weighted by Gasteiger charge is 2.02. The lowest BCUT2D eigenvalue weighted by Crippen LogP contribution is -2.05. The summed E-state index contributed by atoms with van der Waals surface area (Å²) in [4.78, 5) is 0. The quantitative estimate of drug-likeness (QED) is 0.756. The second kappa shape index (κ2) is 6.63. The van der Waals surface area contributed by atoms with Crippen LogP contribution in [0.3, 0.4) is 0 Å². The van der Waals surface area contributed by atoms with Crippen molar-refractivity contribution in [2.24, 2.45) is 0 Å². The molecule has 0 radical (unpaired) electrons. The number of anilines is 1. The van der Waals surface area contributed by atoms with Crippen LogP contribution in [0.15, 0.2) is 42.5 Å². The molecule has 0 heterocycles. The van der Waals surface area contributed by atoms with E-state index in [1.807, 2.05) is 18.2 Å². The number of rotatable bonds is 5. The molecule has 1 N–H and O–H groups in total. The van der Waals surface area contributed by atoms with E-state index in [0.29, 0.717) is 0 Å². The Morgan fingerprint density at radius 1 is 0.947 bits per heavy atom. The number of hydrogen-bond acceptors (Lipinski definition) is 1. The predicted molar refractivity (Wildman–Crippen MR) is 84.2 cm³/mol. The minimum atomic E-state index is 0.870. The van der Waals surface area contributed by atoms with Crippen LogP contribution in [0.2, 0.25) is 5.02 Å². The molecule has 0 amide bonds. The van der Waals surface area contributed by atoms with Crippen LogP contribution in [0.5, 0.6) is 0 Å². The first-order valence-corrected chi connectivity index (χ1v) is 7.10. The molecule has 0 unspecified atom stereocenters. The molecule has 2 aromatic rings. The summed E-state index contributed by atoms with van der Waals surface area (Å²) >= 11 is 6.15. The molecule has 0 aliphatic carbocycles. The zero-order valence-electron chi connectivity index (χ0n) is 11.5. The molecule has 0 saturated heterocycles. The normalized spacial score (nSPS) is 10.5. The number of aryl methyl sites for hydroxylation is 3. The molecule has 2 aromatic carbocycles. The van der Waals surface area contributed by atoms with Crippen molar-refractivity contribution < 1.29 is 0 Å². The summed E-state index contributed by atoms with van der Waals surface area (Å²) in [6.45, 7) is 5.25. The summed E-state index contributed by atoms with van der Waals surface area (Å²) in [6.07, 6.45) is 2.09. The van der Waals surface area contributed by atoms with Gasteiger partial charge in [0.05, 0.1) is 0 Å². The molecule has 0 aromatic heterocycles. The Morgan fingerprint density at radius 2 is 1.63 bits per heavy atom. The lowest BCUT2D eigenvalue weighted by molar-refractivity contribution is 0.861. The van der Waals surface area contributed by atoms with E-state index in [9.17, 15) is 0 Å². The summed E-state index contributed by atoms with van der Waals surface area (Å²) in [7, 11) is 0. The topological polar surface area (TPSA) is 12.0 Å². The molecular formula is C17H20ClN. The largest absolute Gasteiger partial charge is 0.385 e. The highest BCUT2D eigenvalue weighted by Crippen LogP contribution is 2.20. The second-order valence-corrected chi connectivity index (χ2v) is 5.30. The maximum Gasteiger partial charge on any atom is 0.0437 e. The van der Waals surface area contributed by atoms with Gasteiger partial charge in [0.15, 0.2) is 0 Å². The summed E-state index contributed by atoms with van der Waals surface area (Å²) in [5, 5.41) is 4.40. The first kappa shape index (κ1) is 14.0. The van der Waals surface area contributed by atoms with Crippen molar-refractivity contribution >= 4 is 17.3 Å². The smallest absolute Gasteiger partial charge is 0.0437 e. The van der Waals surface area contributed by atoms with Gasteiger partial charge < -0.3 is 5.32 Å². The number of nitrogens with one attached hydrogen (secondary N) is 1. The molecule has 2 rings (SSSR count). The van der Waals surface area contributed by atoms with E-state index in [1.54, 1.807) is 0 Å². The lowest BCUT2D eigenvalue weighted by Gasteiger charge is -2.12. The number of halogens is 1. The van der Waals surface area contributed by atoms with Crippen molar-refractivity contribution in [3.05, 3.63) is 64.2 Å². The van der Waals surface area contributed by atoms with Gasteiger partial charge >= 0.3 is 0 Å². The molecule has 0 spiro atoms. The van der Waals surface area contributed by atoms with Crippen LogP contribution in [-0.4, -0.2) is 6.54 Å². The van der Waals surface area contributed by atoms with E-state index in [0.717, 1.165) is 24.4 Å². The van der Waals surface area contributed by atoms with Gasteiger partial charge in [-0.2, -0.15) is 0 Å². The third kappa shape index (κ3) is 3.74. The summed E-state index contributed by atoms with van der Waals surface area (Å²) in [5.41, 5.74) is 5.10. The van der Waals surface area contributed by atoms with E-state index >= 15 is 0 Å².